The molecule has 0 atom stereocenters. The van der Waals surface area contributed by atoms with Gasteiger partial charge in [0.15, 0.2) is 5.78 Å². The predicted molar refractivity (Wildman–Crippen MR) is 110 cm³/mol. The maximum absolute atomic E-state index is 12.4. The number of aromatic hydroxyl groups is 1. The highest BCUT2D eigenvalue weighted by atomic mass is 32.2. The Labute approximate surface area is 172 Å². The minimum atomic E-state index is -3.80. The van der Waals surface area contributed by atoms with E-state index in [4.69, 9.17) is 5.11 Å². The van der Waals surface area contributed by atoms with Crippen molar-refractivity contribution in [1.29, 1.82) is 0 Å². The molecule has 0 saturated carbocycles. The molecule has 0 unspecified atom stereocenters. The lowest BCUT2D eigenvalue weighted by Gasteiger charge is -2.07. The van der Waals surface area contributed by atoms with Gasteiger partial charge >= 0.3 is 5.97 Å². The standard InChI is InChI=1S/C21H16N2O6S/c24-18(15-7-11-19(25)17(13-15)21(26)27)10-6-14-4-8-16(9-5-14)30(28,29)23-20-3-1-2-12-22-20/h1-13,25H,(H,22,23)(H,26,27). The first-order valence-electron chi connectivity index (χ1n) is 8.59. The number of ketones is 1. The van der Waals surface area contributed by atoms with Crippen LogP contribution in [0, 0.1) is 0 Å². The smallest absolute Gasteiger partial charge is 0.339 e. The van der Waals surface area contributed by atoms with Crippen molar-refractivity contribution in [1.82, 2.24) is 4.98 Å². The highest BCUT2D eigenvalue weighted by molar-refractivity contribution is 7.92. The number of aromatic carboxylic acids is 1. The van der Waals surface area contributed by atoms with Crippen molar-refractivity contribution in [3.05, 3.63) is 89.6 Å². The third kappa shape index (κ3) is 4.89. The third-order valence-corrected chi connectivity index (χ3v) is 5.40. The molecule has 8 nitrogen and oxygen atoms in total. The molecule has 0 spiro atoms. The van der Waals surface area contributed by atoms with E-state index in [1.165, 1.54) is 54.7 Å². The summed E-state index contributed by atoms with van der Waals surface area (Å²) in [6.45, 7) is 0. The van der Waals surface area contributed by atoms with Crippen molar-refractivity contribution in [2.75, 3.05) is 4.72 Å². The molecule has 0 bridgehead atoms. The molecule has 1 aromatic heterocycles. The zero-order valence-corrected chi connectivity index (χ0v) is 16.2. The van der Waals surface area contributed by atoms with Gasteiger partial charge in [0, 0.05) is 11.8 Å². The molecular formula is C21H16N2O6S. The van der Waals surface area contributed by atoms with Crippen LogP contribution in [0.25, 0.3) is 6.08 Å². The molecule has 0 amide bonds. The number of anilines is 1. The van der Waals surface area contributed by atoms with Crippen LogP contribution in [0.5, 0.6) is 5.75 Å². The van der Waals surface area contributed by atoms with E-state index >= 15 is 0 Å². The van der Waals surface area contributed by atoms with E-state index in [-0.39, 0.29) is 21.8 Å². The molecule has 1 heterocycles. The number of carbonyl (C=O) groups is 2. The molecule has 0 fully saturated rings. The van der Waals surface area contributed by atoms with Crippen molar-refractivity contribution in [3.8, 4) is 5.75 Å². The average molecular weight is 424 g/mol. The van der Waals surface area contributed by atoms with E-state index in [0.29, 0.717) is 5.56 Å². The summed E-state index contributed by atoms with van der Waals surface area (Å²) in [4.78, 5) is 27.3. The number of aromatic nitrogens is 1. The first kappa shape index (κ1) is 20.7. The van der Waals surface area contributed by atoms with Crippen LogP contribution in [-0.4, -0.2) is 35.4 Å². The van der Waals surface area contributed by atoms with E-state index < -0.39 is 27.5 Å². The van der Waals surface area contributed by atoms with Gasteiger partial charge in [-0.15, -0.1) is 0 Å². The Bertz CT molecular complexity index is 1220. The van der Waals surface area contributed by atoms with E-state index in [1.54, 1.807) is 12.1 Å². The molecule has 0 aliphatic rings. The lowest BCUT2D eigenvalue weighted by Crippen LogP contribution is -2.13. The molecule has 3 rings (SSSR count). The Hall–Kier alpha value is -3.98. The molecule has 2 aromatic carbocycles. The minimum Gasteiger partial charge on any atom is -0.507 e. The third-order valence-electron chi connectivity index (χ3n) is 4.03. The maximum atomic E-state index is 12.4. The Morgan fingerprint density at radius 3 is 2.37 bits per heavy atom. The van der Waals surface area contributed by atoms with Crippen LogP contribution in [0.15, 0.2) is 77.8 Å². The van der Waals surface area contributed by atoms with Crippen LogP contribution in [0.4, 0.5) is 5.82 Å². The second kappa shape index (κ2) is 8.58. The fourth-order valence-electron chi connectivity index (χ4n) is 2.51. The summed E-state index contributed by atoms with van der Waals surface area (Å²) in [5.41, 5.74) is 0.293. The first-order valence-corrected chi connectivity index (χ1v) is 10.1. The highest BCUT2D eigenvalue weighted by Crippen LogP contribution is 2.20. The predicted octanol–water partition coefficient (Wildman–Crippen LogP) is 3.18. The normalized spacial score (nSPS) is 11.3. The lowest BCUT2D eigenvalue weighted by molar-refractivity contribution is 0.0693. The molecule has 0 aliphatic heterocycles. The number of carboxylic acids is 1. The second-order valence-corrected chi connectivity index (χ2v) is 7.81. The summed E-state index contributed by atoms with van der Waals surface area (Å²) >= 11 is 0. The van der Waals surface area contributed by atoms with E-state index in [9.17, 15) is 23.1 Å². The maximum Gasteiger partial charge on any atom is 0.339 e. The summed E-state index contributed by atoms with van der Waals surface area (Å²) in [6.07, 6.45) is 4.17. The van der Waals surface area contributed by atoms with Crippen molar-refractivity contribution in [3.63, 3.8) is 0 Å². The molecule has 30 heavy (non-hydrogen) atoms. The van der Waals surface area contributed by atoms with Crippen LogP contribution in [0.3, 0.4) is 0 Å². The monoisotopic (exact) mass is 424 g/mol. The number of allylic oxidation sites excluding steroid dienone is 1. The van der Waals surface area contributed by atoms with E-state index in [0.717, 1.165) is 12.1 Å². The summed E-state index contributed by atoms with van der Waals surface area (Å²) in [6, 6.07) is 14.2. The van der Waals surface area contributed by atoms with Gasteiger partial charge in [0.25, 0.3) is 10.0 Å². The first-order chi connectivity index (χ1) is 14.3. The van der Waals surface area contributed by atoms with Crippen molar-refractivity contribution >= 4 is 33.7 Å². The number of pyridine rings is 1. The van der Waals surface area contributed by atoms with Crippen LogP contribution >= 0.6 is 0 Å². The van der Waals surface area contributed by atoms with Crippen molar-refractivity contribution in [2.45, 2.75) is 4.90 Å². The van der Waals surface area contributed by atoms with Gasteiger partial charge in [-0.25, -0.2) is 18.2 Å². The Morgan fingerprint density at radius 1 is 1.00 bits per heavy atom. The zero-order chi connectivity index (χ0) is 21.7. The number of rotatable bonds is 7. The fraction of sp³-hybridized carbons (Fsp3) is 0. The summed E-state index contributed by atoms with van der Waals surface area (Å²) in [7, 11) is -3.80. The summed E-state index contributed by atoms with van der Waals surface area (Å²) in [5, 5.41) is 18.5. The number of phenols is 1. The number of nitrogens with one attached hydrogen (secondary N) is 1. The van der Waals surface area contributed by atoms with Crippen LogP contribution in [-0.2, 0) is 10.0 Å². The quantitative estimate of drug-likeness (QED) is 0.392. The molecular weight excluding hydrogens is 408 g/mol. The van der Waals surface area contributed by atoms with Gasteiger partial charge in [-0.05, 0) is 54.1 Å². The summed E-state index contributed by atoms with van der Waals surface area (Å²) in [5.74, 6) is -2.05. The largest absolute Gasteiger partial charge is 0.507 e. The van der Waals surface area contributed by atoms with E-state index in [1.807, 2.05) is 0 Å². The molecule has 3 N–H and O–H groups in total. The topological polar surface area (TPSA) is 134 Å². The van der Waals surface area contributed by atoms with E-state index in [2.05, 4.69) is 9.71 Å². The van der Waals surface area contributed by atoms with Crippen LogP contribution < -0.4 is 4.72 Å². The van der Waals surface area contributed by atoms with Gasteiger partial charge in [-0.3, -0.25) is 9.52 Å². The SMILES string of the molecule is O=C(C=Cc1ccc(S(=O)(=O)Nc2ccccn2)cc1)c1ccc(O)c(C(=O)O)c1. The number of benzene rings is 2. The van der Waals surface area contributed by atoms with Crippen LogP contribution in [0.1, 0.15) is 26.3 Å². The van der Waals surface area contributed by atoms with Gasteiger partial charge in [0.2, 0.25) is 0 Å². The molecule has 152 valence electrons. The number of hydrogen-bond donors (Lipinski definition) is 3. The van der Waals surface area contributed by atoms with Crippen LogP contribution in [0.2, 0.25) is 0 Å². The van der Waals surface area contributed by atoms with Gasteiger partial charge in [-0.2, -0.15) is 0 Å². The summed E-state index contributed by atoms with van der Waals surface area (Å²) < 4.78 is 27.1. The van der Waals surface area contributed by atoms with Crippen molar-refractivity contribution < 1.29 is 28.2 Å². The average Bonchev–Trinajstić information content (AvgIpc) is 2.73. The molecule has 0 saturated heterocycles. The molecule has 0 radical (unpaired) electrons. The van der Waals surface area contributed by atoms with Gasteiger partial charge in [0.05, 0.1) is 4.90 Å². The Morgan fingerprint density at radius 2 is 1.73 bits per heavy atom. The number of carbonyl (C=O) groups excluding carboxylic acids is 1. The second-order valence-electron chi connectivity index (χ2n) is 6.12. The number of nitrogens with zero attached hydrogens (tertiary/aromatic N) is 1. The van der Waals surface area contributed by atoms with Gasteiger partial charge < -0.3 is 10.2 Å². The highest BCUT2D eigenvalue weighted by Gasteiger charge is 2.15. The zero-order valence-electron chi connectivity index (χ0n) is 15.4. The number of sulfonamides is 1. The number of carboxylic acid groups (broad SMARTS) is 1. The van der Waals surface area contributed by atoms with Crippen molar-refractivity contribution in [2.24, 2.45) is 0 Å². The molecule has 9 heteroatoms. The number of hydrogen-bond acceptors (Lipinski definition) is 6. The molecule has 0 aliphatic carbocycles. The van der Waals surface area contributed by atoms with Gasteiger partial charge in [-0.1, -0.05) is 24.3 Å². The lowest BCUT2D eigenvalue weighted by atomic mass is 10.1. The molecule has 3 aromatic rings. The minimum absolute atomic E-state index is 0.0289. The fourth-order valence-corrected chi connectivity index (χ4v) is 3.51. The van der Waals surface area contributed by atoms with Gasteiger partial charge in [0.1, 0.15) is 17.1 Å². The Kier molecular flexibility index (Phi) is 5.93. The Balaban J connectivity index is 1.74.